The number of amides is 1. The van der Waals surface area contributed by atoms with Gasteiger partial charge in [-0.05, 0) is 37.6 Å². The fourth-order valence-corrected chi connectivity index (χ4v) is 3.61. The van der Waals surface area contributed by atoms with Gasteiger partial charge in [0.25, 0.3) is 5.91 Å². The van der Waals surface area contributed by atoms with E-state index in [4.69, 9.17) is 9.25 Å². The summed E-state index contributed by atoms with van der Waals surface area (Å²) in [5.74, 6) is -0.174. The van der Waals surface area contributed by atoms with Gasteiger partial charge in [-0.2, -0.15) is 0 Å². The number of ketones is 1. The molecule has 2 heterocycles. The molecule has 2 aromatic carbocycles. The number of anilines is 1. The Kier molecular flexibility index (Phi) is 5.42. The van der Waals surface area contributed by atoms with Crippen molar-refractivity contribution in [3.63, 3.8) is 0 Å². The summed E-state index contributed by atoms with van der Waals surface area (Å²) in [6.07, 6.45) is 1.51. The molecule has 0 aliphatic carbocycles. The first-order valence-corrected chi connectivity index (χ1v) is 9.90. The van der Waals surface area contributed by atoms with Gasteiger partial charge in [-0.15, -0.1) is 0 Å². The standard InChI is InChI=1S/C24H24N2O4/c1-24(2)23(28)26(30-16-17-9-4-3-5-10-17)20(15-21(27)22-13-8-14-29-22)18-11-6-7-12-19(18)25-24/h3-14,20,25H,15-16H2,1-2H3/t20-/m1/s1. The van der Waals surface area contributed by atoms with Crippen LogP contribution in [0.1, 0.15) is 48.0 Å². The Morgan fingerprint density at radius 3 is 2.53 bits per heavy atom. The van der Waals surface area contributed by atoms with Crippen molar-refractivity contribution in [2.75, 3.05) is 5.32 Å². The number of nitrogens with one attached hydrogen (secondary N) is 1. The van der Waals surface area contributed by atoms with E-state index in [1.807, 2.05) is 68.4 Å². The number of benzene rings is 2. The van der Waals surface area contributed by atoms with Crippen molar-refractivity contribution in [3.8, 4) is 0 Å². The highest BCUT2D eigenvalue weighted by molar-refractivity contribution is 5.95. The third-order valence-corrected chi connectivity index (χ3v) is 5.17. The summed E-state index contributed by atoms with van der Waals surface area (Å²) in [6.45, 7) is 3.83. The Bertz CT molecular complexity index is 1030. The molecule has 30 heavy (non-hydrogen) atoms. The zero-order valence-corrected chi connectivity index (χ0v) is 17.0. The molecule has 1 N–H and O–H groups in total. The number of carbonyl (C=O) groups is 2. The van der Waals surface area contributed by atoms with Crippen LogP contribution >= 0.6 is 0 Å². The van der Waals surface area contributed by atoms with Crippen LogP contribution in [0.4, 0.5) is 5.69 Å². The summed E-state index contributed by atoms with van der Waals surface area (Å²) in [7, 11) is 0. The highest BCUT2D eigenvalue weighted by Gasteiger charge is 2.42. The van der Waals surface area contributed by atoms with E-state index in [1.165, 1.54) is 11.3 Å². The predicted molar refractivity (Wildman–Crippen MR) is 113 cm³/mol. The number of carbonyl (C=O) groups excluding carboxylic acids is 2. The number of furan rings is 1. The van der Waals surface area contributed by atoms with Gasteiger partial charge in [0, 0.05) is 17.7 Å². The molecule has 1 atom stereocenters. The minimum Gasteiger partial charge on any atom is -0.461 e. The molecule has 0 fully saturated rings. The van der Waals surface area contributed by atoms with Crippen molar-refractivity contribution in [1.82, 2.24) is 5.06 Å². The molecule has 6 heteroatoms. The second-order valence-electron chi connectivity index (χ2n) is 7.85. The average molecular weight is 404 g/mol. The molecule has 1 aromatic heterocycles. The van der Waals surface area contributed by atoms with Gasteiger partial charge in [0.1, 0.15) is 12.1 Å². The number of nitrogens with zero attached hydrogens (tertiary/aromatic N) is 1. The number of Topliss-reactive ketones (excluding diaryl/α,β-unsaturated/α-hetero) is 1. The molecular weight excluding hydrogens is 380 g/mol. The van der Waals surface area contributed by atoms with Crippen LogP contribution in [0.25, 0.3) is 0 Å². The molecule has 0 saturated carbocycles. The van der Waals surface area contributed by atoms with Crippen molar-refractivity contribution >= 4 is 17.4 Å². The summed E-state index contributed by atoms with van der Waals surface area (Å²) in [6, 6.07) is 20.0. The molecule has 154 valence electrons. The first-order valence-electron chi connectivity index (χ1n) is 9.90. The number of fused-ring (bicyclic) bond motifs is 1. The van der Waals surface area contributed by atoms with E-state index in [0.29, 0.717) is 0 Å². The fraction of sp³-hybridized carbons (Fsp3) is 0.250. The Balaban J connectivity index is 1.71. The summed E-state index contributed by atoms with van der Waals surface area (Å²) in [5.41, 5.74) is 1.66. The summed E-state index contributed by atoms with van der Waals surface area (Å²) in [4.78, 5) is 32.4. The highest BCUT2D eigenvalue weighted by Crippen LogP contribution is 2.38. The van der Waals surface area contributed by atoms with Crippen molar-refractivity contribution in [1.29, 1.82) is 0 Å². The first kappa shape index (κ1) is 19.9. The minimum absolute atomic E-state index is 0.0445. The molecule has 0 spiro atoms. The number of hydroxylamine groups is 2. The van der Waals surface area contributed by atoms with E-state index < -0.39 is 11.6 Å². The Hall–Kier alpha value is -3.38. The van der Waals surface area contributed by atoms with Crippen molar-refractivity contribution in [3.05, 3.63) is 89.9 Å². The smallest absolute Gasteiger partial charge is 0.271 e. The number of rotatable bonds is 6. The second kappa shape index (κ2) is 8.16. The van der Waals surface area contributed by atoms with E-state index in [-0.39, 0.29) is 30.5 Å². The molecule has 1 aliphatic heterocycles. The fourth-order valence-electron chi connectivity index (χ4n) is 3.61. The number of hydrogen-bond donors (Lipinski definition) is 1. The molecule has 1 amide bonds. The lowest BCUT2D eigenvalue weighted by Gasteiger charge is -2.32. The molecule has 1 aliphatic rings. The topological polar surface area (TPSA) is 71.8 Å². The van der Waals surface area contributed by atoms with Crippen LogP contribution in [0.5, 0.6) is 0 Å². The van der Waals surface area contributed by atoms with Gasteiger partial charge in [-0.1, -0.05) is 48.5 Å². The van der Waals surface area contributed by atoms with Crippen molar-refractivity contribution in [2.45, 2.75) is 38.5 Å². The molecule has 4 rings (SSSR count). The van der Waals surface area contributed by atoms with E-state index in [0.717, 1.165) is 16.8 Å². The maximum atomic E-state index is 13.4. The third kappa shape index (κ3) is 4.00. The van der Waals surface area contributed by atoms with Gasteiger partial charge < -0.3 is 9.73 Å². The summed E-state index contributed by atoms with van der Waals surface area (Å²) in [5, 5.41) is 4.66. The number of hydrogen-bond acceptors (Lipinski definition) is 5. The molecule has 0 radical (unpaired) electrons. The van der Waals surface area contributed by atoms with Crippen LogP contribution in [0.3, 0.4) is 0 Å². The highest BCUT2D eigenvalue weighted by atomic mass is 16.7. The van der Waals surface area contributed by atoms with E-state index >= 15 is 0 Å². The van der Waals surface area contributed by atoms with Crippen molar-refractivity contribution < 1.29 is 18.8 Å². The normalized spacial score (nSPS) is 17.7. The SMILES string of the molecule is CC1(C)Nc2ccccc2[C@@H](CC(=O)c2ccco2)N(OCc2ccccc2)C1=O. The zero-order valence-electron chi connectivity index (χ0n) is 17.0. The molecule has 0 bridgehead atoms. The monoisotopic (exact) mass is 404 g/mol. The van der Waals surface area contributed by atoms with Gasteiger partial charge in [-0.25, -0.2) is 5.06 Å². The number of para-hydroxylation sites is 1. The minimum atomic E-state index is -0.907. The van der Waals surface area contributed by atoms with Gasteiger partial charge in [0.05, 0.1) is 12.3 Å². The summed E-state index contributed by atoms with van der Waals surface area (Å²) >= 11 is 0. The maximum absolute atomic E-state index is 13.4. The van der Waals surface area contributed by atoms with Crippen LogP contribution in [0.2, 0.25) is 0 Å². The zero-order chi connectivity index (χ0) is 21.1. The van der Waals surface area contributed by atoms with E-state index in [9.17, 15) is 9.59 Å². The molecule has 6 nitrogen and oxygen atoms in total. The Morgan fingerprint density at radius 2 is 1.80 bits per heavy atom. The third-order valence-electron chi connectivity index (χ3n) is 5.17. The van der Waals surface area contributed by atoms with Crippen LogP contribution in [-0.2, 0) is 16.2 Å². The van der Waals surface area contributed by atoms with Crippen LogP contribution in [0, 0.1) is 0 Å². The summed E-state index contributed by atoms with van der Waals surface area (Å²) < 4.78 is 5.28. The van der Waals surface area contributed by atoms with Gasteiger partial charge in [0.2, 0.25) is 0 Å². The largest absolute Gasteiger partial charge is 0.461 e. The quantitative estimate of drug-likeness (QED) is 0.600. The lowest BCUT2D eigenvalue weighted by Crippen LogP contribution is -2.49. The van der Waals surface area contributed by atoms with E-state index in [1.54, 1.807) is 12.1 Å². The second-order valence-corrected chi connectivity index (χ2v) is 7.85. The molecular formula is C24H24N2O4. The average Bonchev–Trinajstić information content (AvgIpc) is 3.26. The molecule has 0 saturated heterocycles. The Morgan fingerprint density at radius 1 is 1.07 bits per heavy atom. The van der Waals surface area contributed by atoms with Gasteiger partial charge >= 0.3 is 0 Å². The molecule has 0 unspecified atom stereocenters. The van der Waals surface area contributed by atoms with Gasteiger partial charge in [0.15, 0.2) is 11.5 Å². The lowest BCUT2D eigenvalue weighted by atomic mass is 9.98. The van der Waals surface area contributed by atoms with Crippen LogP contribution in [0.15, 0.2) is 77.4 Å². The molecule has 3 aromatic rings. The first-order chi connectivity index (χ1) is 14.5. The van der Waals surface area contributed by atoms with Crippen LogP contribution < -0.4 is 5.32 Å². The lowest BCUT2D eigenvalue weighted by molar-refractivity contribution is -0.209. The Labute approximate surface area is 175 Å². The maximum Gasteiger partial charge on any atom is 0.271 e. The van der Waals surface area contributed by atoms with Crippen molar-refractivity contribution in [2.24, 2.45) is 0 Å². The van der Waals surface area contributed by atoms with Crippen LogP contribution in [-0.4, -0.2) is 22.3 Å². The predicted octanol–water partition coefficient (Wildman–Crippen LogP) is 4.76. The van der Waals surface area contributed by atoms with Gasteiger partial charge in [-0.3, -0.25) is 14.4 Å². The van der Waals surface area contributed by atoms with E-state index in [2.05, 4.69) is 5.32 Å².